The molecule has 1 fully saturated rings. The van der Waals surface area contributed by atoms with Gasteiger partial charge in [0.25, 0.3) is 0 Å². The van der Waals surface area contributed by atoms with E-state index in [1.165, 1.54) is 11.1 Å². The van der Waals surface area contributed by atoms with Gasteiger partial charge in [-0.1, -0.05) is 13.8 Å². The zero-order valence-corrected chi connectivity index (χ0v) is 14.2. The summed E-state index contributed by atoms with van der Waals surface area (Å²) in [5.41, 5.74) is 4.44. The highest BCUT2D eigenvalue weighted by Gasteiger charge is 2.28. The minimum absolute atomic E-state index is 0.120. The molecular formula is C18H24N4O. The van der Waals surface area contributed by atoms with Crippen molar-refractivity contribution in [3.05, 3.63) is 22.4 Å². The monoisotopic (exact) mass is 312 g/mol. The van der Waals surface area contributed by atoms with E-state index in [1.807, 2.05) is 4.90 Å². The number of carbonyl (C=O) groups excluding carboxylic acids is 1. The first-order chi connectivity index (χ1) is 11.0. The van der Waals surface area contributed by atoms with Gasteiger partial charge in [-0.25, -0.2) is 4.98 Å². The lowest BCUT2D eigenvalue weighted by Gasteiger charge is -2.36. The van der Waals surface area contributed by atoms with Crippen LogP contribution in [0.15, 0.2) is 0 Å². The predicted molar refractivity (Wildman–Crippen MR) is 89.5 cm³/mol. The van der Waals surface area contributed by atoms with E-state index in [1.54, 1.807) is 6.92 Å². The highest BCUT2D eigenvalue weighted by atomic mass is 16.2. The van der Waals surface area contributed by atoms with Crippen molar-refractivity contribution in [2.75, 3.05) is 31.1 Å². The van der Waals surface area contributed by atoms with Gasteiger partial charge in [-0.05, 0) is 36.3 Å². The maximum Gasteiger partial charge on any atom is 0.219 e. The molecule has 0 spiro atoms. The first-order valence-electron chi connectivity index (χ1n) is 8.49. The SMILES string of the molecule is CC(=O)N1CCN(c2nc(C(C)C)c3c(c2C#N)CCC3)CC1. The number of hydrogen-bond acceptors (Lipinski definition) is 4. The molecule has 0 radical (unpaired) electrons. The Morgan fingerprint density at radius 2 is 1.83 bits per heavy atom. The second kappa shape index (κ2) is 6.19. The fourth-order valence-corrected chi connectivity index (χ4v) is 3.73. The van der Waals surface area contributed by atoms with Crippen LogP contribution in [0.25, 0.3) is 0 Å². The van der Waals surface area contributed by atoms with Crippen molar-refractivity contribution in [2.45, 2.75) is 46.0 Å². The summed E-state index contributed by atoms with van der Waals surface area (Å²) in [7, 11) is 0. The van der Waals surface area contributed by atoms with Crippen LogP contribution in [-0.2, 0) is 17.6 Å². The van der Waals surface area contributed by atoms with Crippen molar-refractivity contribution in [2.24, 2.45) is 0 Å². The van der Waals surface area contributed by atoms with E-state index < -0.39 is 0 Å². The maximum atomic E-state index is 11.5. The first-order valence-corrected chi connectivity index (χ1v) is 8.49. The molecule has 0 bridgehead atoms. The van der Waals surface area contributed by atoms with Gasteiger partial charge in [-0.3, -0.25) is 4.79 Å². The molecule has 0 atom stereocenters. The molecule has 0 unspecified atom stereocenters. The summed E-state index contributed by atoms with van der Waals surface area (Å²) in [6.07, 6.45) is 3.15. The van der Waals surface area contributed by atoms with E-state index in [9.17, 15) is 10.1 Å². The lowest BCUT2D eigenvalue weighted by Crippen LogP contribution is -2.48. The molecular weight excluding hydrogens is 288 g/mol. The van der Waals surface area contributed by atoms with Crippen LogP contribution in [0.2, 0.25) is 0 Å². The Morgan fingerprint density at radius 3 is 2.39 bits per heavy atom. The van der Waals surface area contributed by atoms with E-state index in [0.29, 0.717) is 19.0 Å². The molecule has 1 saturated heterocycles. The molecule has 0 aromatic carbocycles. The summed E-state index contributed by atoms with van der Waals surface area (Å²) in [6, 6.07) is 2.41. The number of amides is 1. The Balaban J connectivity index is 1.98. The zero-order valence-electron chi connectivity index (χ0n) is 14.2. The van der Waals surface area contributed by atoms with E-state index >= 15 is 0 Å². The zero-order chi connectivity index (χ0) is 16.6. The van der Waals surface area contributed by atoms with E-state index in [-0.39, 0.29) is 5.91 Å². The molecule has 2 heterocycles. The largest absolute Gasteiger partial charge is 0.352 e. The van der Waals surface area contributed by atoms with Crippen molar-refractivity contribution < 1.29 is 4.79 Å². The van der Waals surface area contributed by atoms with Gasteiger partial charge >= 0.3 is 0 Å². The van der Waals surface area contributed by atoms with Gasteiger partial charge in [-0.2, -0.15) is 5.26 Å². The van der Waals surface area contributed by atoms with Crippen molar-refractivity contribution >= 4 is 11.7 Å². The minimum Gasteiger partial charge on any atom is -0.352 e. The molecule has 23 heavy (non-hydrogen) atoms. The molecule has 1 aromatic rings. The highest BCUT2D eigenvalue weighted by molar-refractivity contribution is 5.73. The summed E-state index contributed by atoms with van der Waals surface area (Å²) in [5.74, 6) is 1.32. The van der Waals surface area contributed by atoms with Gasteiger partial charge in [0.1, 0.15) is 11.9 Å². The average Bonchev–Trinajstić information content (AvgIpc) is 3.02. The number of carbonyl (C=O) groups is 1. The summed E-state index contributed by atoms with van der Waals surface area (Å²) in [6.45, 7) is 8.86. The topological polar surface area (TPSA) is 60.2 Å². The van der Waals surface area contributed by atoms with Crippen LogP contribution in [0, 0.1) is 11.3 Å². The van der Waals surface area contributed by atoms with Crippen LogP contribution in [0.3, 0.4) is 0 Å². The highest BCUT2D eigenvalue weighted by Crippen LogP contribution is 2.35. The molecule has 5 nitrogen and oxygen atoms in total. The van der Waals surface area contributed by atoms with Crippen LogP contribution >= 0.6 is 0 Å². The summed E-state index contributed by atoms with van der Waals surface area (Å²) < 4.78 is 0. The van der Waals surface area contributed by atoms with E-state index in [4.69, 9.17) is 4.98 Å². The van der Waals surface area contributed by atoms with Crippen LogP contribution < -0.4 is 4.90 Å². The first kappa shape index (κ1) is 15.8. The van der Waals surface area contributed by atoms with E-state index in [2.05, 4.69) is 24.8 Å². The molecule has 0 saturated carbocycles. The second-order valence-electron chi connectivity index (χ2n) is 6.77. The maximum absolute atomic E-state index is 11.5. The number of nitriles is 1. The fourth-order valence-electron chi connectivity index (χ4n) is 3.73. The third-order valence-corrected chi connectivity index (χ3v) is 4.96. The normalized spacial score (nSPS) is 17.3. The molecule has 1 amide bonds. The second-order valence-corrected chi connectivity index (χ2v) is 6.77. The van der Waals surface area contributed by atoms with Crippen molar-refractivity contribution in [3.8, 4) is 6.07 Å². The molecule has 1 aromatic heterocycles. The third-order valence-electron chi connectivity index (χ3n) is 4.96. The molecule has 3 rings (SSSR count). The Bertz CT molecular complexity index is 667. The van der Waals surface area contributed by atoms with Crippen molar-refractivity contribution in [1.82, 2.24) is 9.88 Å². The lowest BCUT2D eigenvalue weighted by molar-refractivity contribution is -0.129. The van der Waals surface area contributed by atoms with Crippen molar-refractivity contribution in [3.63, 3.8) is 0 Å². The number of nitrogens with zero attached hydrogens (tertiary/aromatic N) is 4. The average molecular weight is 312 g/mol. The van der Waals surface area contributed by atoms with Crippen molar-refractivity contribution in [1.29, 1.82) is 5.26 Å². The van der Waals surface area contributed by atoms with Gasteiger partial charge in [0.2, 0.25) is 5.91 Å². The standard InChI is InChI=1S/C18H24N4O/c1-12(2)17-15-6-4-5-14(15)16(11-19)18(20-17)22-9-7-21(8-10-22)13(3)23/h12H,4-10H2,1-3H3. The van der Waals surface area contributed by atoms with Gasteiger partial charge in [0, 0.05) is 38.8 Å². The van der Waals surface area contributed by atoms with Gasteiger partial charge in [0.05, 0.1) is 5.56 Å². The summed E-state index contributed by atoms with van der Waals surface area (Å²) in [4.78, 5) is 20.5. The molecule has 0 N–H and O–H groups in total. The van der Waals surface area contributed by atoms with E-state index in [0.717, 1.165) is 49.4 Å². The predicted octanol–water partition coefficient (Wildman–Crippen LogP) is 2.23. The number of hydrogen-bond donors (Lipinski definition) is 0. The summed E-state index contributed by atoms with van der Waals surface area (Å²) in [5, 5.41) is 9.70. The number of rotatable bonds is 2. The summed E-state index contributed by atoms with van der Waals surface area (Å²) >= 11 is 0. The Morgan fingerprint density at radius 1 is 1.17 bits per heavy atom. The molecule has 122 valence electrons. The number of fused-ring (bicyclic) bond motifs is 1. The van der Waals surface area contributed by atoms with Crippen LogP contribution in [-0.4, -0.2) is 42.0 Å². The van der Waals surface area contributed by atoms with Crippen LogP contribution in [0.1, 0.15) is 55.5 Å². The number of aromatic nitrogens is 1. The third kappa shape index (κ3) is 2.78. The minimum atomic E-state index is 0.120. The fraction of sp³-hybridized carbons (Fsp3) is 0.611. The molecule has 5 heteroatoms. The molecule has 1 aliphatic heterocycles. The number of pyridine rings is 1. The quantitative estimate of drug-likeness (QED) is 0.840. The number of piperazine rings is 1. The lowest BCUT2D eigenvalue weighted by atomic mass is 9.97. The molecule has 1 aliphatic carbocycles. The van der Waals surface area contributed by atoms with Gasteiger partial charge < -0.3 is 9.80 Å². The number of anilines is 1. The Labute approximate surface area is 137 Å². The Hall–Kier alpha value is -2.09. The van der Waals surface area contributed by atoms with Gasteiger partial charge in [0.15, 0.2) is 0 Å². The van der Waals surface area contributed by atoms with Crippen LogP contribution in [0.5, 0.6) is 0 Å². The molecule has 2 aliphatic rings. The van der Waals surface area contributed by atoms with Crippen LogP contribution in [0.4, 0.5) is 5.82 Å². The smallest absolute Gasteiger partial charge is 0.219 e. The Kier molecular flexibility index (Phi) is 4.25. The van der Waals surface area contributed by atoms with Gasteiger partial charge in [-0.15, -0.1) is 0 Å².